The molecule has 2 heteroatoms. The molecule has 2 fully saturated rings. The SMILES string of the molecule is CC(C)C1(CCC2CCCCS2)CCCCN1. The van der Waals surface area contributed by atoms with E-state index in [1.54, 1.807) is 0 Å². The lowest BCUT2D eigenvalue weighted by Gasteiger charge is -2.43. The summed E-state index contributed by atoms with van der Waals surface area (Å²) < 4.78 is 0. The molecule has 17 heavy (non-hydrogen) atoms. The molecule has 2 atom stereocenters. The van der Waals surface area contributed by atoms with Crippen LogP contribution in [0.1, 0.15) is 65.2 Å². The second kappa shape index (κ2) is 6.47. The maximum absolute atomic E-state index is 3.86. The second-order valence-electron chi connectivity index (χ2n) is 6.22. The fraction of sp³-hybridized carbons (Fsp3) is 1.00. The van der Waals surface area contributed by atoms with E-state index in [1.165, 1.54) is 63.7 Å². The van der Waals surface area contributed by atoms with E-state index in [4.69, 9.17) is 0 Å². The molecule has 0 aromatic rings. The highest BCUT2D eigenvalue weighted by molar-refractivity contribution is 7.99. The van der Waals surface area contributed by atoms with E-state index in [9.17, 15) is 0 Å². The maximum atomic E-state index is 3.86. The Kier molecular flexibility index (Phi) is 5.23. The molecule has 2 aliphatic rings. The second-order valence-corrected chi connectivity index (χ2v) is 7.63. The van der Waals surface area contributed by atoms with Gasteiger partial charge in [-0.25, -0.2) is 0 Å². The minimum atomic E-state index is 0.469. The van der Waals surface area contributed by atoms with Crippen LogP contribution in [0.2, 0.25) is 0 Å². The van der Waals surface area contributed by atoms with Crippen molar-refractivity contribution in [2.75, 3.05) is 12.3 Å². The Bertz CT molecular complexity index is 215. The highest BCUT2D eigenvalue weighted by atomic mass is 32.2. The minimum absolute atomic E-state index is 0.469. The zero-order valence-electron chi connectivity index (χ0n) is 11.6. The van der Waals surface area contributed by atoms with Crippen molar-refractivity contribution in [3.63, 3.8) is 0 Å². The van der Waals surface area contributed by atoms with Crippen LogP contribution in [-0.4, -0.2) is 23.1 Å². The van der Waals surface area contributed by atoms with Gasteiger partial charge in [-0.2, -0.15) is 11.8 Å². The molecule has 100 valence electrons. The average Bonchev–Trinajstić information content (AvgIpc) is 2.38. The van der Waals surface area contributed by atoms with Crippen molar-refractivity contribution in [1.82, 2.24) is 5.32 Å². The van der Waals surface area contributed by atoms with Gasteiger partial charge in [0.25, 0.3) is 0 Å². The predicted octanol–water partition coefficient (Wildman–Crippen LogP) is 4.22. The number of hydrogen-bond donors (Lipinski definition) is 1. The molecule has 0 bridgehead atoms. The quantitative estimate of drug-likeness (QED) is 0.807. The fourth-order valence-electron chi connectivity index (χ4n) is 3.44. The van der Waals surface area contributed by atoms with Crippen molar-refractivity contribution < 1.29 is 0 Å². The van der Waals surface area contributed by atoms with E-state index < -0.39 is 0 Å². The van der Waals surface area contributed by atoms with Crippen LogP contribution in [0.4, 0.5) is 0 Å². The monoisotopic (exact) mass is 255 g/mol. The molecule has 0 aliphatic carbocycles. The van der Waals surface area contributed by atoms with Crippen molar-refractivity contribution in [3.8, 4) is 0 Å². The van der Waals surface area contributed by atoms with Crippen LogP contribution < -0.4 is 5.32 Å². The van der Waals surface area contributed by atoms with Gasteiger partial charge in [0.1, 0.15) is 0 Å². The van der Waals surface area contributed by atoms with Crippen LogP contribution >= 0.6 is 11.8 Å². The first-order valence-electron chi connectivity index (χ1n) is 7.59. The minimum Gasteiger partial charge on any atom is -0.311 e. The Morgan fingerprint density at radius 1 is 1.24 bits per heavy atom. The molecule has 1 N–H and O–H groups in total. The zero-order chi connectivity index (χ0) is 12.1. The summed E-state index contributed by atoms with van der Waals surface area (Å²) in [6, 6.07) is 0. The van der Waals surface area contributed by atoms with E-state index in [-0.39, 0.29) is 0 Å². The summed E-state index contributed by atoms with van der Waals surface area (Å²) in [5, 5.41) is 4.82. The molecule has 0 amide bonds. The van der Waals surface area contributed by atoms with Crippen molar-refractivity contribution in [3.05, 3.63) is 0 Å². The van der Waals surface area contributed by atoms with Crippen molar-refractivity contribution in [2.24, 2.45) is 5.92 Å². The summed E-state index contributed by atoms with van der Waals surface area (Å²) in [4.78, 5) is 0. The van der Waals surface area contributed by atoms with Crippen molar-refractivity contribution in [2.45, 2.75) is 76.0 Å². The molecule has 0 saturated carbocycles. The molecule has 0 radical (unpaired) electrons. The number of rotatable bonds is 4. The number of nitrogens with one attached hydrogen (secondary N) is 1. The van der Waals surface area contributed by atoms with Gasteiger partial charge in [-0.1, -0.05) is 26.7 Å². The Morgan fingerprint density at radius 2 is 2.12 bits per heavy atom. The topological polar surface area (TPSA) is 12.0 Å². The first kappa shape index (κ1) is 13.7. The molecular formula is C15H29NS. The Hall–Kier alpha value is 0.310. The van der Waals surface area contributed by atoms with Gasteiger partial charge in [0.15, 0.2) is 0 Å². The Labute approximate surface area is 112 Å². The van der Waals surface area contributed by atoms with E-state index in [1.807, 2.05) is 0 Å². The Morgan fingerprint density at radius 3 is 2.71 bits per heavy atom. The standard InChI is InChI=1S/C15H29NS/c1-13(2)15(9-4-5-11-16-15)10-8-14-7-3-6-12-17-14/h13-14,16H,3-12H2,1-2H3. The first-order valence-corrected chi connectivity index (χ1v) is 8.64. The summed E-state index contributed by atoms with van der Waals surface area (Å²) in [5.74, 6) is 2.20. The third kappa shape index (κ3) is 3.64. The van der Waals surface area contributed by atoms with Crippen LogP contribution in [0.25, 0.3) is 0 Å². The largest absolute Gasteiger partial charge is 0.311 e. The lowest BCUT2D eigenvalue weighted by molar-refractivity contribution is 0.165. The third-order valence-corrected chi connectivity index (χ3v) is 6.29. The maximum Gasteiger partial charge on any atom is 0.0204 e. The molecule has 2 heterocycles. The summed E-state index contributed by atoms with van der Waals surface area (Å²) in [6.45, 7) is 6.06. The lowest BCUT2D eigenvalue weighted by Crippen LogP contribution is -2.52. The van der Waals surface area contributed by atoms with Gasteiger partial charge in [-0.3, -0.25) is 0 Å². The third-order valence-electron chi connectivity index (χ3n) is 4.82. The van der Waals surface area contributed by atoms with Crippen LogP contribution in [0.5, 0.6) is 0 Å². The molecule has 2 unspecified atom stereocenters. The van der Waals surface area contributed by atoms with Crippen LogP contribution in [0.3, 0.4) is 0 Å². The molecule has 2 saturated heterocycles. The van der Waals surface area contributed by atoms with Crippen LogP contribution in [0.15, 0.2) is 0 Å². The first-order chi connectivity index (χ1) is 8.23. The summed E-state index contributed by atoms with van der Waals surface area (Å²) in [6.07, 6.45) is 11.5. The van der Waals surface area contributed by atoms with Gasteiger partial charge in [-0.15, -0.1) is 0 Å². The average molecular weight is 255 g/mol. The molecule has 0 aromatic carbocycles. The van der Waals surface area contributed by atoms with E-state index >= 15 is 0 Å². The normalized spacial score (nSPS) is 35.1. The summed E-state index contributed by atoms with van der Waals surface area (Å²) in [7, 11) is 0. The molecule has 0 spiro atoms. The number of piperidine rings is 1. The van der Waals surface area contributed by atoms with E-state index in [2.05, 4.69) is 30.9 Å². The van der Waals surface area contributed by atoms with E-state index in [0.717, 1.165) is 11.2 Å². The molecule has 0 aromatic heterocycles. The smallest absolute Gasteiger partial charge is 0.0204 e. The predicted molar refractivity (Wildman–Crippen MR) is 78.8 cm³/mol. The van der Waals surface area contributed by atoms with Gasteiger partial charge in [0.2, 0.25) is 0 Å². The highest BCUT2D eigenvalue weighted by Gasteiger charge is 2.35. The molecule has 2 aliphatic heterocycles. The van der Waals surface area contributed by atoms with Gasteiger partial charge in [-0.05, 0) is 56.7 Å². The zero-order valence-corrected chi connectivity index (χ0v) is 12.5. The van der Waals surface area contributed by atoms with Gasteiger partial charge in [0.05, 0.1) is 0 Å². The summed E-state index contributed by atoms with van der Waals surface area (Å²) in [5.41, 5.74) is 0.469. The molecular weight excluding hydrogens is 226 g/mol. The van der Waals surface area contributed by atoms with Gasteiger partial charge < -0.3 is 5.32 Å². The number of hydrogen-bond acceptors (Lipinski definition) is 2. The van der Waals surface area contributed by atoms with Gasteiger partial charge in [0, 0.05) is 10.8 Å². The summed E-state index contributed by atoms with van der Waals surface area (Å²) >= 11 is 2.23. The number of thioether (sulfide) groups is 1. The van der Waals surface area contributed by atoms with E-state index in [0.29, 0.717) is 5.54 Å². The fourth-order valence-corrected chi connectivity index (χ4v) is 4.76. The van der Waals surface area contributed by atoms with Gasteiger partial charge >= 0.3 is 0 Å². The molecule has 2 rings (SSSR count). The van der Waals surface area contributed by atoms with Crippen molar-refractivity contribution in [1.29, 1.82) is 0 Å². The van der Waals surface area contributed by atoms with Crippen LogP contribution in [-0.2, 0) is 0 Å². The highest BCUT2D eigenvalue weighted by Crippen LogP contribution is 2.36. The lowest BCUT2D eigenvalue weighted by atomic mass is 9.75. The Balaban J connectivity index is 1.84. The molecule has 1 nitrogen and oxygen atoms in total. The van der Waals surface area contributed by atoms with Crippen molar-refractivity contribution >= 4 is 11.8 Å². The van der Waals surface area contributed by atoms with Crippen LogP contribution in [0, 0.1) is 5.92 Å².